The number of fused-ring (bicyclic) bond motifs is 3. The highest BCUT2D eigenvalue weighted by Gasteiger charge is 2.54. The van der Waals surface area contributed by atoms with E-state index in [9.17, 15) is 14.9 Å². The lowest BCUT2D eigenvalue weighted by molar-refractivity contribution is 0.0690. The Morgan fingerprint density at radius 3 is 2.96 bits per heavy atom. The number of hydrogen-bond acceptors (Lipinski definition) is 6. The van der Waals surface area contributed by atoms with Crippen LogP contribution in [0.25, 0.3) is 0 Å². The van der Waals surface area contributed by atoms with Crippen LogP contribution in [-0.4, -0.2) is 66.6 Å². The van der Waals surface area contributed by atoms with E-state index < -0.39 is 13.1 Å². The van der Waals surface area contributed by atoms with Crippen LogP contribution in [0.1, 0.15) is 28.3 Å². The van der Waals surface area contributed by atoms with Gasteiger partial charge in [-0.2, -0.15) is 0 Å². The third-order valence-electron chi connectivity index (χ3n) is 5.08. The maximum absolute atomic E-state index is 11.8. The number of carbonyl (C=O) groups is 1. The standard InChI is InChI=1S/C16H21BN2O4S/c20-16(21)14-13(24-8-7-19-5-3-18-4-6-19)2-1-10-11-9-12(11)17(22)23-15(10)14/h1-2,11-12,18,22H,3-9H2,(H,20,21)/t11?,12-/m0/s1. The number of carboxylic acids is 1. The highest BCUT2D eigenvalue weighted by atomic mass is 32.2. The van der Waals surface area contributed by atoms with Crippen molar-refractivity contribution in [1.29, 1.82) is 0 Å². The van der Waals surface area contributed by atoms with E-state index in [1.165, 1.54) is 0 Å². The van der Waals surface area contributed by atoms with E-state index >= 15 is 0 Å². The van der Waals surface area contributed by atoms with E-state index in [2.05, 4.69) is 10.2 Å². The number of benzene rings is 1. The normalized spacial score (nSPS) is 25.6. The summed E-state index contributed by atoms with van der Waals surface area (Å²) in [4.78, 5) is 14.9. The van der Waals surface area contributed by atoms with Crippen LogP contribution < -0.4 is 9.97 Å². The molecule has 1 unspecified atom stereocenters. The number of thioether (sulfide) groups is 1. The molecular weight excluding hydrogens is 327 g/mol. The van der Waals surface area contributed by atoms with Crippen LogP contribution in [0.5, 0.6) is 5.75 Å². The molecule has 0 radical (unpaired) electrons. The third kappa shape index (κ3) is 3.03. The minimum absolute atomic E-state index is 0.130. The molecule has 24 heavy (non-hydrogen) atoms. The molecule has 1 aromatic carbocycles. The second-order valence-electron chi connectivity index (χ2n) is 6.62. The van der Waals surface area contributed by atoms with Crippen LogP contribution in [0.3, 0.4) is 0 Å². The molecule has 1 aliphatic carbocycles. The molecule has 1 saturated heterocycles. The molecule has 8 heteroatoms. The largest absolute Gasteiger partial charge is 0.535 e. The Bertz CT molecular complexity index is 653. The molecule has 0 amide bonds. The Kier molecular flexibility index (Phi) is 4.47. The predicted octanol–water partition coefficient (Wildman–Crippen LogP) is 1.11. The van der Waals surface area contributed by atoms with E-state index in [1.807, 2.05) is 12.1 Å². The van der Waals surface area contributed by atoms with Gasteiger partial charge in [-0.25, -0.2) is 4.79 Å². The number of rotatable bonds is 5. The van der Waals surface area contributed by atoms with Gasteiger partial charge in [0.25, 0.3) is 0 Å². The lowest BCUT2D eigenvalue weighted by atomic mass is 9.77. The Balaban J connectivity index is 1.50. The molecule has 3 aliphatic rings. The van der Waals surface area contributed by atoms with Gasteiger partial charge in [-0.3, -0.25) is 4.90 Å². The summed E-state index contributed by atoms with van der Waals surface area (Å²) in [5.74, 6) is 0.615. The van der Waals surface area contributed by atoms with E-state index in [1.54, 1.807) is 11.8 Å². The monoisotopic (exact) mass is 348 g/mol. The lowest BCUT2D eigenvalue weighted by Gasteiger charge is -2.27. The summed E-state index contributed by atoms with van der Waals surface area (Å²) in [5, 5.41) is 23.0. The van der Waals surface area contributed by atoms with Crippen molar-refractivity contribution < 1.29 is 19.6 Å². The summed E-state index contributed by atoms with van der Waals surface area (Å²) in [6.07, 6.45) is 0.878. The number of hydrogen-bond donors (Lipinski definition) is 3. The zero-order valence-electron chi connectivity index (χ0n) is 13.4. The van der Waals surface area contributed by atoms with Gasteiger partial charge < -0.3 is 20.1 Å². The van der Waals surface area contributed by atoms with Crippen molar-refractivity contribution in [3.8, 4) is 5.75 Å². The first-order chi connectivity index (χ1) is 11.6. The molecule has 0 aromatic heterocycles. The third-order valence-corrected chi connectivity index (χ3v) is 6.12. The Morgan fingerprint density at radius 1 is 1.42 bits per heavy atom. The molecule has 2 heterocycles. The van der Waals surface area contributed by atoms with Crippen molar-refractivity contribution in [3.05, 3.63) is 23.3 Å². The van der Waals surface area contributed by atoms with Crippen LogP contribution in [0.2, 0.25) is 5.82 Å². The molecule has 0 spiro atoms. The minimum atomic E-state index is -0.983. The summed E-state index contributed by atoms with van der Waals surface area (Å²) in [6, 6.07) is 3.88. The second-order valence-corrected chi connectivity index (χ2v) is 7.75. The molecule has 2 fully saturated rings. The first-order valence-electron chi connectivity index (χ1n) is 8.46. The molecule has 1 aromatic rings. The van der Waals surface area contributed by atoms with Crippen LogP contribution in [-0.2, 0) is 0 Å². The smallest absolute Gasteiger partial charge is 0.526 e. The number of carboxylic acid groups (broad SMARTS) is 1. The van der Waals surface area contributed by atoms with Gasteiger partial charge in [0.05, 0.1) is 0 Å². The molecule has 2 aliphatic heterocycles. The Morgan fingerprint density at radius 2 is 2.21 bits per heavy atom. The van der Waals surface area contributed by atoms with Crippen LogP contribution in [0, 0.1) is 0 Å². The van der Waals surface area contributed by atoms with Crippen LogP contribution >= 0.6 is 11.8 Å². The average Bonchev–Trinajstić information content (AvgIpc) is 3.37. The lowest BCUT2D eigenvalue weighted by Crippen LogP contribution is -2.44. The van der Waals surface area contributed by atoms with Crippen molar-refractivity contribution in [3.63, 3.8) is 0 Å². The number of nitrogens with zero attached hydrogens (tertiary/aromatic N) is 1. The van der Waals surface area contributed by atoms with E-state index in [0.717, 1.165) is 55.4 Å². The molecule has 6 nitrogen and oxygen atoms in total. The zero-order chi connectivity index (χ0) is 16.7. The summed E-state index contributed by atoms with van der Waals surface area (Å²) in [5.41, 5.74) is 1.15. The van der Waals surface area contributed by atoms with Crippen LogP contribution in [0.4, 0.5) is 0 Å². The van der Waals surface area contributed by atoms with Gasteiger partial charge in [0.15, 0.2) is 0 Å². The molecule has 3 N–H and O–H groups in total. The fourth-order valence-electron chi connectivity index (χ4n) is 3.64. The summed E-state index contributed by atoms with van der Waals surface area (Å²) in [6.45, 7) is 5.04. The van der Waals surface area contributed by atoms with Gasteiger partial charge in [0.1, 0.15) is 11.3 Å². The Hall–Kier alpha value is -1.22. The van der Waals surface area contributed by atoms with E-state index in [4.69, 9.17) is 4.65 Å². The first-order valence-corrected chi connectivity index (χ1v) is 9.44. The van der Waals surface area contributed by atoms with Crippen molar-refractivity contribution >= 4 is 24.8 Å². The van der Waals surface area contributed by atoms with Gasteiger partial charge in [-0.1, -0.05) is 6.07 Å². The molecule has 0 bridgehead atoms. The molecule has 1 saturated carbocycles. The highest BCUT2D eigenvalue weighted by Crippen LogP contribution is 2.60. The number of piperazine rings is 1. The van der Waals surface area contributed by atoms with Crippen molar-refractivity contribution in [2.24, 2.45) is 0 Å². The predicted molar refractivity (Wildman–Crippen MR) is 93.1 cm³/mol. The van der Waals surface area contributed by atoms with Gasteiger partial charge in [0, 0.05) is 49.2 Å². The highest BCUT2D eigenvalue weighted by molar-refractivity contribution is 7.99. The molecule has 4 rings (SSSR count). The number of aromatic carboxylic acids is 1. The second kappa shape index (κ2) is 6.59. The van der Waals surface area contributed by atoms with Crippen molar-refractivity contribution in [1.82, 2.24) is 10.2 Å². The topological polar surface area (TPSA) is 82.0 Å². The van der Waals surface area contributed by atoms with Crippen molar-refractivity contribution in [2.45, 2.75) is 23.1 Å². The fourth-order valence-corrected chi connectivity index (χ4v) is 4.70. The van der Waals surface area contributed by atoms with Gasteiger partial charge in [-0.15, -0.1) is 11.8 Å². The Labute approximate surface area is 145 Å². The quantitative estimate of drug-likeness (QED) is 0.543. The average molecular weight is 348 g/mol. The molecule has 128 valence electrons. The first kappa shape index (κ1) is 16.3. The van der Waals surface area contributed by atoms with E-state index in [-0.39, 0.29) is 17.3 Å². The van der Waals surface area contributed by atoms with Crippen molar-refractivity contribution in [2.75, 3.05) is 38.5 Å². The molecular formula is C16H21BN2O4S. The molecule has 2 atom stereocenters. The fraction of sp³-hybridized carbons (Fsp3) is 0.562. The summed E-state index contributed by atoms with van der Waals surface area (Å²) < 4.78 is 5.56. The number of nitrogens with one attached hydrogen (secondary N) is 1. The maximum Gasteiger partial charge on any atom is 0.526 e. The van der Waals surface area contributed by atoms with Gasteiger partial charge in [-0.05, 0) is 24.0 Å². The zero-order valence-corrected chi connectivity index (χ0v) is 14.2. The maximum atomic E-state index is 11.8. The van der Waals surface area contributed by atoms with E-state index in [0.29, 0.717) is 5.75 Å². The summed E-state index contributed by atoms with van der Waals surface area (Å²) >= 11 is 1.55. The summed E-state index contributed by atoms with van der Waals surface area (Å²) in [7, 11) is -0.873. The van der Waals surface area contributed by atoms with Crippen LogP contribution in [0.15, 0.2) is 17.0 Å². The van der Waals surface area contributed by atoms with Gasteiger partial charge in [0.2, 0.25) is 0 Å². The minimum Gasteiger partial charge on any atom is -0.535 e. The van der Waals surface area contributed by atoms with Gasteiger partial charge >= 0.3 is 13.1 Å². The SMILES string of the molecule is O=C(O)c1c(SCCN2CCNCC2)ccc2c1OB(O)[C@H]1CC21.